The lowest BCUT2D eigenvalue weighted by Crippen LogP contribution is -1.93. The van der Waals surface area contributed by atoms with Crippen molar-refractivity contribution in [1.82, 2.24) is 0 Å². The van der Waals surface area contributed by atoms with E-state index in [0.717, 1.165) is 0 Å². The second-order valence-corrected chi connectivity index (χ2v) is 3.49. The summed E-state index contributed by atoms with van der Waals surface area (Å²) in [5.41, 5.74) is 1.92. The van der Waals surface area contributed by atoms with Crippen molar-refractivity contribution in [1.29, 1.82) is 0 Å². The molecule has 0 bridgehead atoms. The molecule has 1 rings (SSSR count). The SMILES string of the molecule is S=CNc1c(Cl)cc(Cl)cc1Cl. The Labute approximate surface area is 90.6 Å². The number of hydrogen-bond acceptors (Lipinski definition) is 1. The van der Waals surface area contributed by atoms with Gasteiger partial charge in [-0.2, -0.15) is 0 Å². The average molecular weight is 241 g/mol. The molecule has 0 spiro atoms. The van der Waals surface area contributed by atoms with Crippen molar-refractivity contribution < 1.29 is 0 Å². The van der Waals surface area contributed by atoms with E-state index in [1.54, 1.807) is 12.1 Å². The van der Waals surface area contributed by atoms with E-state index in [2.05, 4.69) is 17.5 Å². The van der Waals surface area contributed by atoms with Crippen molar-refractivity contribution in [3.63, 3.8) is 0 Å². The lowest BCUT2D eigenvalue weighted by molar-refractivity contribution is 1.66. The van der Waals surface area contributed by atoms with Crippen molar-refractivity contribution in [3.05, 3.63) is 27.2 Å². The van der Waals surface area contributed by atoms with E-state index in [9.17, 15) is 0 Å². The van der Waals surface area contributed by atoms with Crippen LogP contribution >= 0.6 is 47.0 Å². The molecule has 1 nitrogen and oxygen atoms in total. The van der Waals surface area contributed by atoms with Crippen molar-refractivity contribution in [2.75, 3.05) is 5.32 Å². The van der Waals surface area contributed by atoms with Crippen LogP contribution in [-0.2, 0) is 0 Å². The van der Waals surface area contributed by atoms with Crippen molar-refractivity contribution in [2.45, 2.75) is 0 Å². The molecule has 64 valence electrons. The first-order valence-electron chi connectivity index (χ1n) is 3.00. The van der Waals surface area contributed by atoms with Crippen LogP contribution in [0.3, 0.4) is 0 Å². The molecule has 12 heavy (non-hydrogen) atoms. The zero-order valence-electron chi connectivity index (χ0n) is 5.77. The summed E-state index contributed by atoms with van der Waals surface area (Å²) in [6, 6.07) is 3.19. The Bertz CT molecular complexity index is 291. The highest BCUT2D eigenvalue weighted by Gasteiger charge is 2.05. The van der Waals surface area contributed by atoms with Crippen LogP contribution in [0.1, 0.15) is 0 Å². The fourth-order valence-electron chi connectivity index (χ4n) is 0.739. The van der Waals surface area contributed by atoms with E-state index in [1.807, 2.05) is 0 Å². The third kappa shape index (κ3) is 2.23. The second kappa shape index (κ2) is 4.28. The summed E-state index contributed by atoms with van der Waals surface area (Å²) < 4.78 is 0. The molecule has 0 aromatic heterocycles. The Balaban J connectivity index is 3.18. The van der Waals surface area contributed by atoms with Crippen LogP contribution in [0, 0.1) is 0 Å². The molecule has 0 fully saturated rings. The minimum atomic E-state index is 0.452. The van der Waals surface area contributed by atoms with Crippen LogP contribution in [0.2, 0.25) is 15.1 Å². The van der Waals surface area contributed by atoms with Crippen molar-refractivity contribution in [3.8, 4) is 0 Å². The molecule has 0 unspecified atom stereocenters. The van der Waals surface area contributed by atoms with E-state index in [1.165, 1.54) is 5.49 Å². The van der Waals surface area contributed by atoms with Gasteiger partial charge in [0.05, 0.1) is 21.2 Å². The molecule has 0 radical (unpaired) electrons. The van der Waals surface area contributed by atoms with Gasteiger partial charge in [-0.3, -0.25) is 0 Å². The number of anilines is 1. The molecule has 0 aliphatic carbocycles. The van der Waals surface area contributed by atoms with Gasteiger partial charge in [0.15, 0.2) is 0 Å². The van der Waals surface area contributed by atoms with Crippen LogP contribution in [0.25, 0.3) is 0 Å². The molecule has 0 saturated carbocycles. The van der Waals surface area contributed by atoms with Crippen molar-refractivity contribution in [2.24, 2.45) is 0 Å². The van der Waals surface area contributed by atoms with E-state index < -0.39 is 0 Å². The van der Waals surface area contributed by atoms with Gasteiger partial charge in [0.25, 0.3) is 0 Å². The van der Waals surface area contributed by atoms with Crippen LogP contribution < -0.4 is 5.32 Å². The first kappa shape index (κ1) is 10.1. The molecule has 1 aromatic rings. The number of rotatable bonds is 2. The lowest BCUT2D eigenvalue weighted by Gasteiger charge is -2.05. The first-order valence-corrected chi connectivity index (χ1v) is 4.60. The Morgan fingerprint density at radius 1 is 1.17 bits per heavy atom. The fourth-order valence-corrected chi connectivity index (χ4v) is 1.78. The topological polar surface area (TPSA) is 12.0 Å². The number of nitrogens with one attached hydrogen (secondary N) is 1. The van der Waals surface area contributed by atoms with Gasteiger partial charge in [0.1, 0.15) is 0 Å². The molecule has 0 atom stereocenters. The molecule has 1 N–H and O–H groups in total. The molecule has 1 aromatic carbocycles. The zero-order chi connectivity index (χ0) is 9.14. The Morgan fingerprint density at radius 3 is 2.08 bits per heavy atom. The summed E-state index contributed by atoms with van der Waals surface area (Å²) in [5.74, 6) is 0. The third-order valence-electron chi connectivity index (χ3n) is 1.21. The quantitative estimate of drug-likeness (QED) is 0.784. The highest BCUT2D eigenvalue weighted by atomic mass is 35.5. The van der Waals surface area contributed by atoms with Gasteiger partial charge in [0.2, 0.25) is 0 Å². The molecule has 0 heterocycles. The summed E-state index contributed by atoms with van der Waals surface area (Å²) in [6.07, 6.45) is 0. The monoisotopic (exact) mass is 239 g/mol. The van der Waals surface area contributed by atoms with Gasteiger partial charge >= 0.3 is 0 Å². The number of halogens is 3. The van der Waals surface area contributed by atoms with E-state index in [0.29, 0.717) is 20.8 Å². The normalized spacial score (nSPS) is 9.58. The summed E-state index contributed by atoms with van der Waals surface area (Å²) in [6.45, 7) is 0. The summed E-state index contributed by atoms with van der Waals surface area (Å²) in [7, 11) is 0. The number of benzene rings is 1. The summed E-state index contributed by atoms with van der Waals surface area (Å²) in [4.78, 5) is 0. The highest BCUT2D eigenvalue weighted by molar-refractivity contribution is 7.79. The van der Waals surface area contributed by atoms with E-state index in [4.69, 9.17) is 34.8 Å². The Kier molecular flexibility index (Phi) is 3.59. The number of thiocarbonyl (C=S) groups is 1. The smallest absolute Gasteiger partial charge is 0.0765 e. The molecule has 0 aliphatic heterocycles. The number of hydrogen-bond donors (Lipinski definition) is 1. The lowest BCUT2D eigenvalue weighted by atomic mass is 10.3. The van der Waals surface area contributed by atoms with Gasteiger partial charge in [-0.25, -0.2) is 0 Å². The first-order chi connectivity index (χ1) is 5.65. The maximum Gasteiger partial charge on any atom is 0.0765 e. The predicted octanol–water partition coefficient (Wildman–Crippen LogP) is 4.02. The van der Waals surface area contributed by atoms with Crippen LogP contribution in [0.4, 0.5) is 5.69 Å². The van der Waals surface area contributed by atoms with Crippen LogP contribution in [0.15, 0.2) is 12.1 Å². The Hall–Kier alpha value is -0.0200. The minimum absolute atomic E-state index is 0.452. The van der Waals surface area contributed by atoms with Crippen molar-refractivity contribution >= 4 is 58.2 Å². The summed E-state index contributed by atoms with van der Waals surface area (Å²) in [5, 5.41) is 4.14. The molecule has 0 amide bonds. The van der Waals surface area contributed by atoms with Gasteiger partial charge in [0, 0.05) is 5.02 Å². The maximum atomic E-state index is 5.82. The maximum absolute atomic E-state index is 5.82. The summed E-state index contributed by atoms with van der Waals surface area (Å²) >= 11 is 21.9. The molecule has 0 saturated heterocycles. The van der Waals surface area contributed by atoms with Gasteiger partial charge in [-0.1, -0.05) is 47.0 Å². The third-order valence-corrected chi connectivity index (χ3v) is 2.14. The standard InChI is InChI=1S/C7H4Cl3NS/c8-4-1-5(9)7(11-3-12)6(10)2-4/h1-3H,(H,11,12). The molecular weight excluding hydrogens is 237 g/mol. The molecule has 5 heteroatoms. The predicted molar refractivity (Wildman–Crippen MR) is 58.7 cm³/mol. The molecule has 0 aliphatic rings. The highest BCUT2D eigenvalue weighted by Crippen LogP contribution is 2.33. The zero-order valence-corrected chi connectivity index (χ0v) is 8.86. The van der Waals surface area contributed by atoms with Gasteiger partial charge in [-0.15, -0.1) is 0 Å². The van der Waals surface area contributed by atoms with Gasteiger partial charge < -0.3 is 5.32 Å². The van der Waals surface area contributed by atoms with E-state index in [-0.39, 0.29) is 0 Å². The Morgan fingerprint density at radius 2 is 1.67 bits per heavy atom. The minimum Gasteiger partial charge on any atom is -0.350 e. The second-order valence-electron chi connectivity index (χ2n) is 2.01. The van der Waals surface area contributed by atoms with Gasteiger partial charge in [-0.05, 0) is 12.1 Å². The largest absolute Gasteiger partial charge is 0.350 e. The van der Waals surface area contributed by atoms with E-state index >= 15 is 0 Å². The van der Waals surface area contributed by atoms with Crippen LogP contribution in [0.5, 0.6) is 0 Å². The average Bonchev–Trinajstić information content (AvgIpc) is 1.96. The molecular formula is C7H4Cl3NS. The fraction of sp³-hybridized carbons (Fsp3) is 0. The van der Waals surface area contributed by atoms with Crippen LogP contribution in [-0.4, -0.2) is 5.49 Å².